The van der Waals surface area contributed by atoms with Crippen molar-refractivity contribution < 1.29 is 9.32 Å². The van der Waals surface area contributed by atoms with Crippen molar-refractivity contribution in [2.75, 3.05) is 11.1 Å². The molecule has 0 aliphatic heterocycles. The van der Waals surface area contributed by atoms with Crippen molar-refractivity contribution in [1.82, 2.24) is 10.1 Å². The number of nitrogens with one attached hydrogen (secondary N) is 1. The number of aromatic nitrogens is 2. The normalized spacial score (nSPS) is 10.7. The van der Waals surface area contributed by atoms with Gasteiger partial charge in [0.25, 0.3) is 0 Å². The lowest BCUT2D eigenvalue weighted by Gasteiger charge is -2.08. The summed E-state index contributed by atoms with van der Waals surface area (Å²) in [6.07, 6.45) is 0. The van der Waals surface area contributed by atoms with E-state index in [-0.39, 0.29) is 5.91 Å². The zero-order valence-corrected chi connectivity index (χ0v) is 16.0. The minimum absolute atomic E-state index is 0.0561. The lowest BCUT2D eigenvalue weighted by molar-refractivity contribution is -0.113. The number of benzene rings is 2. The van der Waals surface area contributed by atoms with E-state index in [2.05, 4.69) is 15.5 Å². The molecule has 3 aromatic rings. The number of carbonyl (C=O) groups is 1. The van der Waals surface area contributed by atoms with Crippen LogP contribution in [-0.2, 0) is 10.5 Å². The van der Waals surface area contributed by atoms with E-state index in [1.165, 1.54) is 17.3 Å². The van der Waals surface area contributed by atoms with Crippen LogP contribution in [0.1, 0.15) is 17.0 Å². The Morgan fingerprint density at radius 1 is 1.19 bits per heavy atom. The Morgan fingerprint density at radius 3 is 2.69 bits per heavy atom. The Morgan fingerprint density at radius 2 is 1.96 bits per heavy atom. The number of carbonyl (C=O) groups excluding carboxylic acids is 1. The largest absolute Gasteiger partial charge is 0.338 e. The molecular formula is C19H18ClN3O2S. The number of hydrogen-bond donors (Lipinski definition) is 1. The van der Waals surface area contributed by atoms with Crippen molar-refractivity contribution in [2.45, 2.75) is 19.6 Å². The van der Waals surface area contributed by atoms with Crippen molar-refractivity contribution >= 4 is 35.0 Å². The van der Waals surface area contributed by atoms with Gasteiger partial charge in [0, 0.05) is 16.3 Å². The van der Waals surface area contributed by atoms with E-state index in [0.717, 1.165) is 16.8 Å². The second kappa shape index (κ2) is 8.38. The monoisotopic (exact) mass is 387 g/mol. The molecule has 0 radical (unpaired) electrons. The summed E-state index contributed by atoms with van der Waals surface area (Å²) < 4.78 is 5.24. The van der Waals surface area contributed by atoms with Crippen molar-refractivity contribution in [3.8, 4) is 11.4 Å². The van der Waals surface area contributed by atoms with E-state index < -0.39 is 0 Å². The summed E-state index contributed by atoms with van der Waals surface area (Å²) in [5.74, 6) is 1.73. The first-order valence-electron chi connectivity index (χ1n) is 8.04. The molecule has 1 aromatic heterocycles. The van der Waals surface area contributed by atoms with E-state index in [9.17, 15) is 4.79 Å². The summed E-state index contributed by atoms with van der Waals surface area (Å²) in [5.41, 5.74) is 3.89. The first kappa shape index (κ1) is 18.5. The van der Waals surface area contributed by atoms with Crippen LogP contribution in [0, 0.1) is 13.8 Å². The van der Waals surface area contributed by atoms with E-state index in [4.69, 9.17) is 16.1 Å². The SMILES string of the molecule is Cc1ccc(NC(=O)CSCc2nc(-c3ccc(Cl)cc3)no2)c(C)c1. The maximum atomic E-state index is 12.1. The summed E-state index contributed by atoms with van der Waals surface area (Å²) >= 11 is 7.30. The van der Waals surface area contributed by atoms with Crippen LogP contribution in [0.25, 0.3) is 11.4 Å². The van der Waals surface area contributed by atoms with Crippen molar-refractivity contribution in [1.29, 1.82) is 0 Å². The molecule has 1 heterocycles. The van der Waals surface area contributed by atoms with E-state index in [0.29, 0.717) is 28.2 Å². The van der Waals surface area contributed by atoms with Crippen LogP contribution in [-0.4, -0.2) is 21.8 Å². The average Bonchev–Trinajstić information content (AvgIpc) is 3.07. The second-order valence-electron chi connectivity index (χ2n) is 5.88. The number of aryl methyl sites for hydroxylation is 2. The van der Waals surface area contributed by atoms with Crippen LogP contribution in [0.3, 0.4) is 0 Å². The van der Waals surface area contributed by atoms with Gasteiger partial charge in [0.2, 0.25) is 17.6 Å². The highest BCUT2D eigenvalue weighted by atomic mass is 35.5. The third-order valence-electron chi connectivity index (χ3n) is 3.69. The Labute approximate surface area is 161 Å². The Kier molecular flexibility index (Phi) is 5.96. The van der Waals surface area contributed by atoms with Gasteiger partial charge in [-0.2, -0.15) is 4.98 Å². The Hall–Kier alpha value is -2.31. The average molecular weight is 388 g/mol. The number of thioether (sulfide) groups is 1. The molecule has 5 nitrogen and oxygen atoms in total. The molecule has 0 saturated carbocycles. The fraction of sp³-hybridized carbons (Fsp3) is 0.211. The van der Waals surface area contributed by atoms with Crippen molar-refractivity contribution in [2.24, 2.45) is 0 Å². The minimum Gasteiger partial charge on any atom is -0.338 e. The number of halogens is 1. The summed E-state index contributed by atoms with van der Waals surface area (Å²) in [7, 11) is 0. The van der Waals surface area contributed by atoms with E-state index >= 15 is 0 Å². The van der Waals surface area contributed by atoms with Crippen LogP contribution in [0.4, 0.5) is 5.69 Å². The summed E-state index contributed by atoms with van der Waals surface area (Å²) in [5, 5.41) is 7.53. The predicted octanol–water partition coefficient (Wildman–Crippen LogP) is 4.88. The van der Waals surface area contributed by atoms with E-state index in [1.807, 2.05) is 44.2 Å². The highest BCUT2D eigenvalue weighted by molar-refractivity contribution is 7.99. The zero-order chi connectivity index (χ0) is 18.5. The van der Waals surface area contributed by atoms with Gasteiger partial charge in [-0.05, 0) is 49.7 Å². The lowest BCUT2D eigenvalue weighted by Crippen LogP contribution is -2.15. The van der Waals surface area contributed by atoms with Gasteiger partial charge in [-0.1, -0.05) is 34.5 Å². The highest BCUT2D eigenvalue weighted by Gasteiger charge is 2.10. The molecule has 0 spiro atoms. The fourth-order valence-electron chi connectivity index (χ4n) is 2.40. The topological polar surface area (TPSA) is 68.0 Å². The van der Waals surface area contributed by atoms with Gasteiger partial charge in [-0.15, -0.1) is 11.8 Å². The third kappa shape index (κ3) is 4.86. The molecule has 0 aliphatic carbocycles. The quantitative estimate of drug-likeness (QED) is 0.652. The molecule has 1 amide bonds. The molecule has 0 fully saturated rings. The maximum absolute atomic E-state index is 12.1. The minimum atomic E-state index is -0.0561. The number of hydrogen-bond acceptors (Lipinski definition) is 5. The smallest absolute Gasteiger partial charge is 0.236 e. The maximum Gasteiger partial charge on any atom is 0.236 e. The molecule has 134 valence electrons. The van der Waals surface area contributed by atoms with Crippen LogP contribution in [0.2, 0.25) is 5.02 Å². The lowest BCUT2D eigenvalue weighted by atomic mass is 10.1. The van der Waals surface area contributed by atoms with Gasteiger partial charge < -0.3 is 9.84 Å². The van der Waals surface area contributed by atoms with Gasteiger partial charge in [-0.3, -0.25) is 4.79 Å². The standard InChI is InChI=1S/C19H18ClN3O2S/c1-12-3-8-16(13(2)9-12)21-17(24)10-26-11-18-22-19(23-25-18)14-4-6-15(20)7-5-14/h3-9H,10-11H2,1-2H3,(H,21,24). The molecule has 0 bridgehead atoms. The van der Waals surface area contributed by atoms with Crippen LogP contribution >= 0.6 is 23.4 Å². The second-order valence-corrected chi connectivity index (χ2v) is 7.30. The summed E-state index contributed by atoms with van der Waals surface area (Å²) in [4.78, 5) is 16.4. The number of rotatable bonds is 6. The molecule has 1 N–H and O–H groups in total. The molecule has 0 aliphatic rings. The number of nitrogens with zero attached hydrogens (tertiary/aromatic N) is 2. The number of anilines is 1. The van der Waals surface area contributed by atoms with Gasteiger partial charge in [0.1, 0.15) is 0 Å². The zero-order valence-electron chi connectivity index (χ0n) is 14.5. The molecule has 7 heteroatoms. The van der Waals surface area contributed by atoms with E-state index in [1.54, 1.807) is 12.1 Å². The first-order valence-corrected chi connectivity index (χ1v) is 9.58. The van der Waals surface area contributed by atoms with Gasteiger partial charge >= 0.3 is 0 Å². The van der Waals surface area contributed by atoms with Crippen molar-refractivity contribution in [3.63, 3.8) is 0 Å². The van der Waals surface area contributed by atoms with Crippen LogP contribution in [0.5, 0.6) is 0 Å². The van der Waals surface area contributed by atoms with Crippen LogP contribution < -0.4 is 5.32 Å². The molecular weight excluding hydrogens is 370 g/mol. The van der Waals surface area contributed by atoms with Crippen LogP contribution in [0.15, 0.2) is 47.0 Å². The molecule has 0 atom stereocenters. The third-order valence-corrected chi connectivity index (χ3v) is 4.85. The summed E-state index contributed by atoms with van der Waals surface area (Å²) in [6.45, 7) is 4.00. The molecule has 0 saturated heterocycles. The molecule has 3 rings (SSSR count). The number of amides is 1. The van der Waals surface area contributed by atoms with Crippen molar-refractivity contribution in [3.05, 3.63) is 64.5 Å². The Bertz CT molecular complexity index is 909. The first-order chi connectivity index (χ1) is 12.5. The highest BCUT2D eigenvalue weighted by Crippen LogP contribution is 2.21. The predicted molar refractivity (Wildman–Crippen MR) is 105 cm³/mol. The molecule has 26 heavy (non-hydrogen) atoms. The van der Waals surface area contributed by atoms with Gasteiger partial charge in [-0.25, -0.2) is 0 Å². The van der Waals surface area contributed by atoms with Gasteiger partial charge in [0.05, 0.1) is 11.5 Å². The van der Waals surface area contributed by atoms with Gasteiger partial charge in [0.15, 0.2) is 0 Å². The fourth-order valence-corrected chi connectivity index (χ4v) is 3.18. The molecule has 0 unspecified atom stereocenters. The molecule has 2 aromatic carbocycles. The summed E-state index contributed by atoms with van der Waals surface area (Å²) in [6, 6.07) is 13.2. The Balaban J connectivity index is 1.50.